The standard InChI is InChI=1S/C24H34N4O2.HI/c1-5-15-30-18-22-10-8-7-9-21(22)17-27-24(25-6-2)26-16-19-11-13-20(14-12-19)23(29)28(3)4;/h7-14H,5-6,15-18H2,1-4H3,(H2,25,26,27);1H. The molecule has 0 aliphatic rings. The molecule has 0 fully saturated rings. The van der Waals surface area contributed by atoms with Crippen LogP contribution in [0.5, 0.6) is 0 Å². The van der Waals surface area contributed by atoms with Gasteiger partial charge < -0.3 is 20.3 Å². The van der Waals surface area contributed by atoms with Crippen molar-refractivity contribution in [2.75, 3.05) is 27.2 Å². The lowest BCUT2D eigenvalue weighted by atomic mass is 10.1. The molecule has 0 aliphatic heterocycles. The van der Waals surface area contributed by atoms with E-state index >= 15 is 0 Å². The van der Waals surface area contributed by atoms with Crippen LogP contribution in [0, 0.1) is 0 Å². The van der Waals surface area contributed by atoms with E-state index in [1.807, 2.05) is 43.3 Å². The lowest BCUT2D eigenvalue weighted by Crippen LogP contribution is -2.37. The van der Waals surface area contributed by atoms with E-state index in [0.717, 1.165) is 31.1 Å². The Balaban J connectivity index is 0.00000480. The number of ether oxygens (including phenoxy) is 1. The second-order valence-corrected chi connectivity index (χ2v) is 7.27. The molecule has 0 aliphatic carbocycles. The molecule has 2 N–H and O–H groups in total. The first-order chi connectivity index (χ1) is 14.5. The number of nitrogens with one attached hydrogen (secondary N) is 2. The van der Waals surface area contributed by atoms with Gasteiger partial charge in [0.2, 0.25) is 0 Å². The van der Waals surface area contributed by atoms with Gasteiger partial charge in [-0.2, -0.15) is 0 Å². The van der Waals surface area contributed by atoms with Gasteiger partial charge >= 0.3 is 0 Å². The van der Waals surface area contributed by atoms with Crippen LogP contribution in [0.3, 0.4) is 0 Å². The van der Waals surface area contributed by atoms with Crippen LogP contribution in [0.15, 0.2) is 53.5 Å². The number of amides is 1. The maximum absolute atomic E-state index is 12.0. The van der Waals surface area contributed by atoms with Crippen molar-refractivity contribution in [1.82, 2.24) is 15.5 Å². The number of guanidine groups is 1. The summed E-state index contributed by atoms with van der Waals surface area (Å²) in [5.74, 6) is 0.761. The van der Waals surface area contributed by atoms with Gasteiger partial charge in [-0.15, -0.1) is 24.0 Å². The van der Waals surface area contributed by atoms with Crippen molar-refractivity contribution >= 4 is 35.8 Å². The van der Waals surface area contributed by atoms with Gasteiger partial charge in [-0.1, -0.05) is 43.3 Å². The van der Waals surface area contributed by atoms with Crippen LogP contribution >= 0.6 is 24.0 Å². The van der Waals surface area contributed by atoms with E-state index in [1.54, 1.807) is 19.0 Å². The molecule has 0 saturated heterocycles. The van der Waals surface area contributed by atoms with E-state index in [9.17, 15) is 4.79 Å². The lowest BCUT2D eigenvalue weighted by molar-refractivity contribution is 0.0827. The third-order valence-electron chi connectivity index (χ3n) is 4.54. The molecule has 1 amide bonds. The van der Waals surface area contributed by atoms with Gasteiger partial charge in [0, 0.05) is 39.4 Å². The highest BCUT2D eigenvalue weighted by molar-refractivity contribution is 14.0. The van der Waals surface area contributed by atoms with Crippen molar-refractivity contribution in [3.63, 3.8) is 0 Å². The number of nitrogens with zero attached hydrogens (tertiary/aromatic N) is 2. The molecular weight excluding hydrogens is 503 g/mol. The molecule has 0 radical (unpaired) electrons. The molecule has 2 rings (SSSR count). The van der Waals surface area contributed by atoms with Gasteiger partial charge in [0.25, 0.3) is 5.91 Å². The number of rotatable bonds is 10. The molecular formula is C24H35IN4O2. The molecule has 0 saturated carbocycles. The summed E-state index contributed by atoms with van der Waals surface area (Å²) in [5, 5.41) is 6.69. The summed E-state index contributed by atoms with van der Waals surface area (Å²) in [6.07, 6.45) is 1.02. The fourth-order valence-corrected chi connectivity index (χ4v) is 2.90. The van der Waals surface area contributed by atoms with Gasteiger partial charge in [0.05, 0.1) is 13.2 Å². The Hall–Kier alpha value is -2.13. The van der Waals surface area contributed by atoms with Crippen molar-refractivity contribution in [3.8, 4) is 0 Å². The van der Waals surface area contributed by atoms with Crippen LogP contribution in [0.25, 0.3) is 0 Å². The van der Waals surface area contributed by atoms with Crippen LogP contribution < -0.4 is 10.6 Å². The van der Waals surface area contributed by atoms with Crippen molar-refractivity contribution in [2.45, 2.75) is 40.0 Å². The van der Waals surface area contributed by atoms with Crippen molar-refractivity contribution in [3.05, 3.63) is 70.8 Å². The molecule has 31 heavy (non-hydrogen) atoms. The fraction of sp³-hybridized carbons (Fsp3) is 0.417. The number of halogens is 1. The SMILES string of the molecule is CCCOCc1ccccc1CNC(=NCc1ccc(C(=O)N(C)C)cc1)NCC.I. The molecule has 0 spiro atoms. The zero-order valence-corrected chi connectivity index (χ0v) is 21.3. The lowest BCUT2D eigenvalue weighted by Gasteiger charge is -2.14. The fourth-order valence-electron chi connectivity index (χ4n) is 2.90. The van der Waals surface area contributed by atoms with Crippen LogP contribution in [0.4, 0.5) is 0 Å². The van der Waals surface area contributed by atoms with E-state index in [-0.39, 0.29) is 29.9 Å². The minimum atomic E-state index is 0. The number of aliphatic imine (C=N–C) groups is 1. The zero-order chi connectivity index (χ0) is 21.8. The van der Waals surface area contributed by atoms with Gasteiger partial charge in [-0.25, -0.2) is 4.99 Å². The topological polar surface area (TPSA) is 66.0 Å². The van der Waals surface area contributed by atoms with E-state index in [2.05, 4.69) is 34.7 Å². The first kappa shape index (κ1) is 26.9. The Morgan fingerprint density at radius 2 is 1.68 bits per heavy atom. The number of carbonyl (C=O) groups is 1. The molecule has 0 aromatic heterocycles. The number of benzene rings is 2. The summed E-state index contributed by atoms with van der Waals surface area (Å²) in [4.78, 5) is 18.3. The predicted molar refractivity (Wildman–Crippen MR) is 138 cm³/mol. The van der Waals surface area contributed by atoms with Crippen molar-refractivity contribution in [1.29, 1.82) is 0 Å². The van der Waals surface area contributed by atoms with E-state index in [1.165, 1.54) is 11.1 Å². The molecule has 7 heteroatoms. The Bertz CT molecular complexity index is 823. The van der Waals surface area contributed by atoms with Gasteiger partial charge in [-0.3, -0.25) is 4.79 Å². The molecule has 0 atom stereocenters. The van der Waals surface area contributed by atoms with Crippen molar-refractivity contribution in [2.24, 2.45) is 4.99 Å². The Labute approximate surface area is 203 Å². The average Bonchev–Trinajstić information content (AvgIpc) is 2.76. The second kappa shape index (κ2) is 14.8. The average molecular weight is 538 g/mol. The van der Waals surface area contributed by atoms with Gasteiger partial charge in [0.1, 0.15) is 0 Å². The zero-order valence-electron chi connectivity index (χ0n) is 19.0. The first-order valence-electron chi connectivity index (χ1n) is 10.5. The Morgan fingerprint density at radius 1 is 1.00 bits per heavy atom. The molecule has 2 aromatic rings. The highest BCUT2D eigenvalue weighted by Crippen LogP contribution is 2.11. The highest BCUT2D eigenvalue weighted by atomic mass is 127. The Morgan fingerprint density at radius 3 is 2.29 bits per heavy atom. The van der Waals surface area contributed by atoms with Gasteiger partial charge in [0.15, 0.2) is 5.96 Å². The van der Waals surface area contributed by atoms with Gasteiger partial charge in [-0.05, 0) is 42.2 Å². The summed E-state index contributed by atoms with van der Waals surface area (Å²) in [6.45, 7) is 7.54. The molecule has 0 bridgehead atoms. The van der Waals surface area contributed by atoms with E-state index in [4.69, 9.17) is 4.74 Å². The third-order valence-corrected chi connectivity index (χ3v) is 4.54. The van der Waals surface area contributed by atoms with E-state index in [0.29, 0.717) is 25.3 Å². The largest absolute Gasteiger partial charge is 0.377 e. The van der Waals surface area contributed by atoms with Crippen molar-refractivity contribution < 1.29 is 9.53 Å². The number of hydrogen-bond acceptors (Lipinski definition) is 3. The normalized spacial score (nSPS) is 10.9. The van der Waals surface area contributed by atoms with E-state index < -0.39 is 0 Å². The maximum Gasteiger partial charge on any atom is 0.253 e. The highest BCUT2D eigenvalue weighted by Gasteiger charge is 2.07. The second-order valence-electron chi connectivity index (χ2n) is 7.27. The summed E-state index contributed by atoms with van der Waals surface area (Å²) in [7, 11) is 3.51. The van der Waals surface area contributed by atoms with Crippen LogP contribution in [-0.2, 0) is 24.4 Å². The predicted octanol–water partition coefficient (Wildman–Crippen LogP) is 4.19. The van der Waals surface area contributed by atoms with Crippen LogP contribution in [-0.4, -0.2) is 44.0 Å². The minimum absolute atomic E-state index is 0. The summed E-state index contributed by atoms with van der Waals surface area (Å²) >= 11 is 0. The summed E-state index contributed by atoms with van der Waals surface area (Å²) < 4.78 is 5.71. The molecule has 170 valence electrons. The molecule has 0 unspecified atom stereocenters. The third kappa shape index (κ3) is 9.26. The maximum atomic E-state index is 12.0. The van der Waals surface area contributed by atoms with Crippen LogP contribution in [0.2, 0.25) is 0 Å². The number of carbonyl (C=O) groups excluding carboxylic acids is 1. The summed E-state index contributed by atoms with van der Waals surface area (Å²) in [5.41, 5.74) is 4.12. The summed E-state index contributed by atoms with van der Waals surface area (Å²) in [6, 6.07) is 15.9. The van der Waals surface area contributed by atoms with Crippen LogP contribution in [0.1, 0.15) is 47.3 Å². The molecule has 0 heterocycles. The first-order valence-corrected chi connectivity index (χ1v) is 10.5. The number of hydrogen-bond donors (Lipinski definition) is 2. The smallest absolute Gasteiger partial charge is 0.253 e. The molecule has 2 aromatic carbocycles. The quantitative estimate of drug-likeness (QED) is 0.206. The molecule has 6 nitrogen and oxygen atoms in total. The Kier molecular flexibility index (Phi) is 12.8. The minimum Gasteiger partial charge on any atom is -0.377 e. The monoisotopic (exact) mass is 538 g/mol.